The Hall–Kier alpha value is -2.06. The first-order valence-electron chi connectivity index (χ1n) is 8.65. The molecule has 26 heavy (non-hydrogen) atoms. The number of aliphatic hydroxyl groups is 1. The number of benzene rings is 1. The van der Waals surface area contributed by atoms with Gasteiger partial charge in [0, 0.05) is 11.3 Å². The quantitative estimate of drug-likeness (QED) is 0.738. The maximum absolute atomic E-state index is 13.1. The van der Waals surface area contributed by atoms with Crippen molar-refractivity contribution in [1.82, 2.24) is 14.5 Å². The molecule has 4 atom stereocenters. The summed E-state index contributed by atoms with van der Waals surface area (Å²) in [4.78, 5) is 30.9. The number of nitrogens with zero attached hydrogens (tertiary/aromatic N) is 3. The normalized spacial score (nSPS) is 34.7. The number of rotatable bonds is 1. The van der Waals surface area contributed by atoms with Gasteiger partial charge in [-0.25, -0.2) is 9.78 Å². The van der Waals surface area contributed by atoms with E-state index in [0.717, 1.165) is 11.0 Å². The molecular weight excluding hydrogens is 354 g/mol. The van der Waals surface area contributed by atoms with E-state index in [2.05, 4.69) is 4.98 Å². The van der Waals surface area contributed by atoms with Gasteiger partial charge >= 0.3 is 5.97 Å². The number of aliphatic carboxylic acids is 1. The fourth-order valence-corrected chi connectivity index (χ4v) is 6.64. The van der Waals surface area contributed by atoms with E-state index in [1.165, 1.54) is 16.7 Å². The number of aromatic nitrogens is 2. The maximum atomic E-state index is 13.1. The third-order valence-corrected chi connectivity index (χ3v) is 7.78. The first-order valence-corrected chi connectivity index (χ1v) is 9.53. The molecule has 3 aliphatic heterocycles. The SMILES string of the molecule is CC1(C)S[C@H]2N(C(=O)[C@]23CCn2c(nc4ccccc42)[C@H]3O)[C@H]1C(=O)O. The lowest BCUT2D eigenvalue weighted by molar-refractivity contribution is -0.191. The summed E-state index contributed by atoms with van der Waals surface area (Å²) in [6.45, 7) is 4.28. The third-order valence-electron chi connectivity index (χ3n) is 6.08. The summed E-state index contributed by atoms with van der Waals surface area (Å²) in [5, 5.41) is 20.4. The molecule has 0 radical (unpaired) electrons. The van der Waals surface area contributed by atoms with Crippen molar-refractivity contribution in [3.05, 3.63) is 30.1 Å². The van der Waals surface area contributed by atoms with Gasteiger partial charge in [0.25, 0.3) is 0 Å². The van der Waals surface area contributed by atoms with Gasteiger partial charge in [0.2, 0.25) is 5.91 Å². The Balaban J connectivity index is 1.60. The molecule has 2 aromatic rings. The fraction of sp³-hybridized carbons (Fsp3) is 0.500. The molecule has 1 spiro atoms. The minimum absolute atomic E-state index is 0.265. The summed E-state index contributed by atoms with van der Waals surface area (Å²) in [7, 11) is 0. The molecule has 2 N–H and O–H groups in total. The molecule has 7 nitrogen and oxygen atoms in total. The number of para-hydroxylation sites is 2. The molecular formula is C18H19N3O4S. The summed E-state index contributed by atoms with van der Waals surface area (Å²) in [5.41, 5.74) is 0.761. The summed E-state index contributed by atoms with van der Waals surface area (Å²) >= 11 is 1.48. The zero-order valence-corrected chi connectivity index (χ0v) is 15.2. The number of aryl methyl sites for hydroxylation is 1. The molecule has 1 aromatic heterocycles. The highest BCUT2D eigenvalue weighted by Gasteiger charge is 2.74. The minimum Gasteiger partial charge on any atom is -0.480 e. The van der Waals surface area contributed by atoms with Gasteiger partial charge in [-0.1, -0.05) is 12.1 Å². The molecule has 0 unspecified atom stereocenters. The average molecular weight is 373 g/mol. The largest absolute Gasteiger partial charge is 0.480 e. The molecule has 0 bridgehead atoms. The minimum atomic E-state index is -1.03. The van der Waals surface area contributed by atoms with E-state index in [-0.39, 0.29) is 11.3 Å². The van der Waals surface area contributed by atoms with Crippen LogP contribution in [0.2, 0.25) is 0 Å². The van der Waals surface area contributed by atoms with Crippen molar-refractivity contribution in [2.45, 2.75) is 49.1 Å². The topological polar surface area (TPSA) is 95.7 Å². The molecule has 0 saturated carbocycles. The van der Waals surface area contributed by atoms with Crippen molar-refractivity contribution >= 4 is 34.7 Å². The van der Waals surface area contributed by atoms with Gasteiger partial charge in [0.05, 0.1) is 16.4 Å². The molecule has 4 heterocycles. The van der Waals surface area contributed by atoms with Crippen molar-refractivity contribution in [1.29, 1.82) is 0 Å². The van der Waals surface area contributed by atoms with Crippen LogP contribution in [0.5, 0.6) is 0 Å². The van der Waals surface area contributed by atoms with E-state index in [1.54, 1.807) is 0 Å². The number of β-lactam (4-membered cyclic amide) rings is 1. The monoisotopic (exact) mass is 373 g/mol. The van der Waals surface area contributed by atoms with Crippen LogP contribution in [0, 0.1) is 5.41 Å². The number of carbonyl (C=O) groups excluding carboxylic acids is 1. The first kappa shape index (κ1) is 16.1. The first-order chi connectivity index (χ1) is 12.3. The number of carboxylic acid groups (broad SMARTS) is 1. The number of hydrogen-bond donors (Lipinski definition) is 2. The summed E-state index contributed by atoms with van der Waals surface area (Å²) in [6.07, 6.45) is -0.551. The number of fused-ring (bicyclic) bond motifs is 5. The zero-order chi connectivity index (χ0) is 18.4. The van der Waals surface area contributed by atoms with Crippen molar-refractivity contribution < 1.29 is 19.8 Å². The lowest BCUT2D eigenvalue weighted by Crippen LogP contribution is -2.72. The predicted octanol–water partition coefficient (Wildman–Crippen LogP) is 1.61. The van der Waals surface area contributed by atoms with Crippen LogP contribution >= 0.6 is 11.8 Å². The Labute approximate surface area is 154 Å². The Kier molecular flexibility index (Phi) is 2.98. The number of hydrogen-bond acceptors (Lipinski definition) is 5. The Morgan fingerprint density at radius 2 is 2.08 bits per heavy atom. The molecule has 0 aliphatic carbocycles. The van der Waals surface area contributed by atoms with Crippen LogP contribution in [-0.4, -0.2) is 52.7 Å². The van der Waals surface area contributed by atoms with Crippen LogP contribution < -0.4 is 0 Å². The van der Waals surface area contributed by atoms with Gasteiger partial charge in [-0.3, -0.25) is 4.79 Å². The zero-order valence-electron chi connectivity index (χ0n) is 14.4. The highest BCUT2D eigenvalue weighted by atomic mass is 32.2. The molecule has 1 aromatic carbocycles. The van der Waals surface area contributed by atoms with Gasteiger partial charge in [-0.15, -0.1) is 11.8 Å². The molecule has 2 saturated heterocycles. The standard InChI is InChI=1S/C18H19N3O4S/c1-17(2)11(14(23)24)21-15(25)18(16(21)26-17)7-8-20-10-6-4-3-5-9(10)19-13(20)12(18)22/h3-6,11-12,16,22H,7-8H2,1-2H3,(H,23,24)/t11-,12+,16+,18+/m0/s1. The smallest absolute Gasteiger partial charge is 0.327 e. The van der Waals surface area contributed by atoms with Crippen LogP contribution in [0.1, 0.15) is 32.2 Å². The van der Waals surface area contributed by atoms with Crippen LogP contribution in [0.25, 0.3) is 11.0 Å². The fourth-order valence-electron chi connectivity index (χ4n) is 4.84. The highest BCUT2D eigenvalue weighted by Crippen LogP contribution is 2.64. The van der Waals surface area contributed by atoms with Gasteiger partial charge in [-0.05, 0) is 32.4 Å². The molecule has 1 amide bonds. The average Bonchev–Trinajstić information content (AvgIpc) is 3.09. The summed E-state index contributed by atoms with van der Waals surface area (Å²) < 4.78 is 1.37. The maximum Gasteiger partial charge on any atom is 0.327 e. The van der Waals surface area contributed by atoms with Crippen molar-refractivity contribution in [2.75, 3.05) is 0 Å². The lowest BCUT2D eigenvalue weighted by atomic mass is 9.68. The van der Waals surface area contributed by atoms with Gasteiger partial charge < -0.3 is 19.7 Å². The molecule has 136 valence electrons. The number of carbonyl (C=O) groups is 2. The summed E-state index contributed by atoms with van der Waals surface area (Å²) in [6, 6.07) is 6.80. The second kappa shape index (κ2) is 4.80. The second-order valence-corrected chi connectivity index (χ2v) is 9.56. The number of thioether (sulfide) groups is 1. The van der Waals surface area contributed by atoms with Crippen LogP contribution in [0.4, 0.5) is 0 Å². The Morgan fingerprint density at radius 1 is 1.35 bits per heavy atom. The van der Waals surface area contributed by atoms with E-state index in [4.69, 9.17) is 0 Å². The van der Waals surface area contributed by atoms with E-state index in [9.17, 15) is 19.8 Å². The van der Waals surface area contributed by atoms with E-state index in [1.807, 2.05) is 42.7 Å². The predicted molar refractivity (Wildman–Crippen MR) is 95.5 cm³/mol. The third kappa shape index (κ3) is 1.67. The molecule has 5 rings (SSSR count). The van der Waals surface area contributed by atoms with Gasteiger partial charge in [-0.2, -0.15) is 0 Å². The van der Waals surface area contributed by atoms with Gasteiger partial charge in [0.1, 0.15) is 23.4 Å². The van der Waals surface area contributed by atoms with E-state index in [0.29, 0.717) is 18.8 Å². The van der Waals surface area contributed by atoms with Crippen molar-refractivity contribution in [2.24, 2.45) is 5.41 Å². The van der Waals surface area contributed by atoms with Gasteiger partial charge in [0.15, 0.2) is 0 Å². The summed E-state index contributed by atoms with van der Waals surface area (Å²) in [5.74, 6) is -0.757. The van der Waals surface area contributed by atoms with Crippen molar-refractivity contribution in [3.63, 3.8) is 0 Å². The number of amides is 1. The number of carboxylic acids is 1. The van der Waals surface area contributed by atoms with Crippen LogP contribution in [0.15, 0.2) is 24.3 Å². The Bertz CT molecular complexity index is 970. The molecule has 8 heteroatoms. The second-order valence-electron chi connectivity index (χ2n) is 7.83. The van der Waals surface area contributed by atoms with Crippen molar-refractivity contribution in [3.8, 4) is 0 Å². The highest BCUT2D eigenvalue weighted by molar-refractivity contribution is 8.01. The lowest BCUT2D eigenvalue weighted by Gasteiger charge is -2.56. The van der Waals surface area contributed by atoms with Crippen LogP contribution in [-0.2, 0) is 16.1 Å². The van der Waals surface area contributed by atoms with Crippen LogP contribution in [0.3, 0.4) is 0 Å². The van der Waals surface area contributed by atoms with E-state index < -0.39 is 28.3 Å². The number of aliphatic hydroxyl groups excluding tert-OH is 1. The van der Waals surface area contributed by atoms with E-state index >= 15 is 0 Å². The molecule has 2 fully saturated rings. The number of imidazole rings is 1. The molecule has 3 aliphatic rings. The Morgan fingerprint density at radius 3 is 2.81 bits per heavy atom.